The minimum absolute atomic E-state index is 0.482. The van der Waals surface area contributed by atoms with Gasteiger partial charge in [-0.3, -0.25) is 4.98 Å². The third-order valence-electron chi connectivity index (χ3n) is 5.70. The highest BCUT2D eigenvalue weighted by Crippen LogP contribution is 2.33. The summed E-state index contributed by atoms with van der Waals surface area (Å²) in [5.74, 6) is 1.73. The van der Waals surface area contributed by atoms with Gasteiger partial charge in [-0.25, -0.2) is 4.98 Å². The van der Waals surface area contributed by atoms with Crippen LogP contribution in [0.25, 0.3) is 10.9 Å². The topological polar surface area (TPSA) is 37.2 Å². The van der Waals surface area contributed by atoms with E-state index in [1.807, 2.05) is 6.20 Å². The maximum atomic E-state index is 4.76. The van der Waals surface area contributed by atoms with Crippen LogP contribution in [0.1, 0.15) is 36.7 Å². The molecule has 1 aromatic carbocycles. The van der Waals surface area contributed by atoms with E-state index < -0.39 is 0 Å². The summed E-state index contributed by atoms with van der Waals surface area (Å²) in [7, 11) is 4.27. The Hall–Kier alpha value is -2.40. The van der Waals surface area contributed by atoms with Gasteiger partial charge in [0.05, 0.1) is 5.52 Å². The van der Waals surface area contributed by atoms with Gasteiger partial charge in [0.25, 0.3) is 0 Å². The first-order valence-corrected chi connectivity index (χ1v) is 10.4. The minimum atomic E-state index is 0.482. The van der Waals surface area contributed by atoms with E-state index in [1.165, 1.54) is 29.7 Å². The van der Waals surface area contributed by atoms with Gasteiger partial charge in [-0.1, -0.05) is 18.2 Å². The molecular formula is C23H31N5. The molecule has 5 heteroatoms. The second-order valence-electron chi connectivity index (χ2n) is 8.22. The summed E-state index contributed by atoms with van der Waals surface area (Å²) in [6, 6.07) is 10.7. The van der Waals surface area contributed by atoms with Crippen molar-refractivity contribution in [3.63, 3.8) is 0 Å². The summed E-state index contributed by atoms with van der Waals surface area (Å²) < 4.78 is 2.37. The maximum Gasteiger partial charge on any atom is 0.113 e. The predicted octanol–water partition coefficient (Wildman–Crippen LogP) is 4.08. The standard InChI is InChI=1S/C23H31N5/c1-18-16-22(20-9-4-5-10-21(20)25-18)28-13-6-8-19(17-28)23-24-11-15-27(23)14-7-12-26(2)3/h4-5,9-11,15-16,19H,6-8,12-14,17H2,1-3H3/t19-/m1/s1. The predicted molar refractivity (Wildman–Crippen MR) is 116 cm³/mol. The summed E-state index contributed by atoms with van der Waals surface area (Å²) >= 11 is 0. The highest BCUT2D eigenvalue weighted by molar-refractivity contribution is 5.92. The van der Waals surface area contributed by atoms with E-state index in [9.17, 15) is 0 Å². The van der Waals surface area contributed by atoms with Gasteiger partial charge in [-0.15, -0.1) is 0 Å². The number of hydrogen-bond acceptors (Lipinski definition) is 4. The Morgan fingerprint density at radius 2 is 2.07 bits per heavy atom. The van der Waals surface area contributed by atoms with Crippen molar-refractivity contribution in [2.24, 2.45) is 0 Å². The molecule has 0 bridgehead atoms. The van der Waals surface area contributed by atoms with Gasteiger partial charge in [0, 0.05) is 54.7 Å². The molecule has 1 atom stereocenters. The monoisotopic (exact) mass is 377 g/mol. The number of fused-ring (bicyclic) bond motifs is 1. The summed E-state index contributed by atoms with van der Waals surface area (Å²) in [4.78, 5) is 14.3. The molecule has 0 saturated carbocycles. The summed E-state index contributed by atoms with van der Waals surface area (Å²) in [5.41, 5.74) is 3.49. The molecule has 4 rings (SSSR count). The molecule has 0 unspecified atom stereocenters. The zero-order valence-corrected chi connectivity index (χ0v) is 17.3. The molecule has 28 heavy (non-hydrogen) atoms. The lowest BCUT2D eigenvalue weighted by Crippen LogP contribution is -2.35. The van der Waals surface area contributed by atoms with Crippen LogP contribution in [-0.4, -0.2) is 53.2 Å². The molecule has 0 aliphatic carbocycles. The number of para-hydroxylation sites is 1. The lowest BCUT2D eigenvalue weighted by molar-refractivity contribution is 0.380. The smallest absolute Gasteiger partial charge is 0.113 e. The molecule has 1 aliphatic rings. The third kappa shape index (κ3) is 4.04. The second-order valence-corrected chi connectivity index (χ2v) is 8.22. The Kier molecular flexibility index (Phi) is 5.62. The lowest BCUT2D eigenvalue weighted by atomic mass is 9.96. The second kappa shape index (κ2) is 8.31. The molecule has 0 amide bonds. The zero-order chi connectivity index (χ0) is 19.5. The van der Waals surface area contributed by atoms with Gasteiger partial charge in [0.2, 0.25) is 0 Å². The molecule has 0 N–H and O–H groups in total. The van der Waals surface area contributed by atoms with Crippen molar-refractivity contribution in [1.82, 2.24) is 19.4 Å². The molecule has 2 aromatic heterocycles. The van der Waals surface area contributed by atoms with Gasteiger partial charge < -0.3 is 14.4 Å². The molecule has 148 valence electrons. The van der Waals surface area contributed by atoms with Crippen LogP contribution in [0.15, 0.2) is 42.7 Å². The van der Waals surface area contributed by atoms with Crippen molar-refractivity contribution in [2.75, 3.05) is 38.6 Å². The van der Waals surface area contributed by atoms with Crippen molar-refractivity contribution < 1.29 is 0 Å². The van der Waals surface area contributed by atoms with Crippen molar-refractivity contribution in [1.29, 1.82) is 0 Å². The van der Waals surface area contributed by atoms with E-state index in [-0.39, 0.29) is 0 Å². The van der Waals surface area contributed by atoms with Crippen molar-refractivity contribution >= 4 is 16.6 Å². The van der Waals surface area contributed by atoms with E-state index >= 15 is 0 Å². The SMILES string of the molecule is Cc1cc(N2CCC[C@@H](c3nccn3CCCN(C)C)C2)c2ccccc2n1. The first kappa shape index (κ1) is 18.9. The fourth-order valence-electron chi connectivity index (χ4n) is 4.38. The highest BCUT2D eigenvalue weighted by atomic mass is 15.2. The van der Waals surface area contributed by atoms with Crippen LogP contribution >= 0.6 is 0 Å². The fraction of sp³-hybridized carbons (Fsp3) is 0.478. The zero-order valence-electron chi connectivity index (χ0n) is 17.3. The molecule has 3 aromatic rings. The number of rotatable bonds is 6. The van der Waals surface area contributed by atoms with Crippen LogP contribution in [0, 0.1) is 6.92 Å². The van der Waals surface area contributed by atoms with Gasteiger partial charge in [0.1, 0.15) is 5.82 Å². The Morgan fingerprint density at radius 1 is 1.21 bits per heavy atom. The van der Waals surface area contributed by atoms with Crippen LogP contribution in [0.2, 0.25) is 0 Å². The Balaban J connectivity index is 1.56. The molecule has 5 nitrogen and oxygen atoms in total. The van der Waals surface area contributed by atoms with E-state index in [2.05, 4.69) is 71.9 Å². The van der Waals surface area contributed by atoms with Gasteiger partial charge >= 0.3 is 0 Å². The Bertz CT molecular complexity index is 930. The van der Waals surface area contributed by atoms with Gasteiger partial charge in [-0.05, 0) is 59.0 Å². The number of nitrogens with zero attached hydrogens (tertiary/aromatic N) is 5. The van der Waals surface area contributed by atoms with Crippen LogP contribution < -0.4 is 4.90 Å². The number of imidazole rings is 1. The highest BCUT2D eigenvalue weighted by Gasteiger charge is 2.26. The van der Waals surface area contributed by atoms with Crippen molar-refractivity contribution in [3.8, 4) is 0 Å². The number of anilines is 1. The van der Waals surface area contributed by atoms with Crippen LogP contribution in [0.3, 0.4) is 0 Å². The molecule has 0 spiro atoms. The number of aryl methyl sites for hydroxylation is 2. The van der Waals surface area contributed by atoms with Gasteiger partial charge in [-0.2, -0.15) is 0 Å². The van der Waals surface area contributed by atoms with Crippen LogP contribution in [-0.2, 0) is 6.54 Å². The summed E-state index contributed by atoms with van der Waals surface area (Å²) in [5, 5.41) is 1.25. The molecule has 1 fully saturated rings. The first-order valence-electron chi connectivity index (χ1n) is 10.4. The normalized spacial score (nSPS) is 17.6. The first-order chi connectivity index (χ1) is 13.6. The average Bonchev–Trinajstić information content (AvgIpc) is 3.15. The fourth-order valence-corrected chi connectivity index (χ4v) is 4.38. The summed E-state index contributed by atoms with van der Waals surface area (Å²) in [6.07, 6.45) is 7.68. The number of aromatic nitrogens is 3. The van der Waals surface area contributed by atoms with E-state index in [0.29, 0.717) is 5.92 Å². The van der Waals surface area contributed by atoms with Crippen molar-refractivity contribution in [3.05, 3.63) is 54.2 Å². The largest absolute Gasteiger partial charge is 0.370 e. The molecule has 1 aliphatic heterocycles. The van der Waals surface area contributed by atoms with Gasteiger partial charge in [0.15, 0.2) is 0 Å². The van der Waals surface area contributed by atoms with Crippen molar-refractivity contribution in [2.45, 2.75) is 38.6 Å². The number of piperidine rings is 1. The third-order valence-corrected chi connectivity index (χ3v) is 5.70. The Morgan fingerprint density at radius 3 is 2.93 bits per heavy atom. The summed E-state index contributed by atoms with van der Waals surface area (Å²) in [6.45, 7) is 6.37. The van der Waals surface area contributed by atoms with Crippen LogP contribution in [0.5, 0.6) is 0 Å². The Labute approximate surface area is 168 Å². The molecule has 1 saturated heterocycles. The quantitative estimate of drug-likeness (QED) is 0.649. The van der Waals surface area contributed by atoms with E-state index in [0.717, 1.165) is 43.8 Å². The lowest BCUT2D eigenvalue weighted by Gasteiger charge is -2.35. The van der Waals surface area contributed by atoms with E-state index in [1.54, 1.807) is 0 Å². The number of hydrogen-bond donors (Lipinski definition) is 0. The molecular weight excluding hydrogens is 346 g/mol. The molecule has 0 radical (unpaired) electrons. The average molecular weight is 378 g/mol. The van der Waals surface area contributed by atoms with Crippen LogP contribution in [0.4, 0.5) is 5.69 Å². The molecule has 3 heterocycles. The minimum Gasteiger partial charge on any atom is -0.370 e. The maximum absolute atomic E-state index is 4.76. The number of pyridine rings is 1. The van der Waals surface area contributed by atoms with E-state index in [4.69, 9.17) is 9.97 Å². The number of benzene rings is 1.